The van der Waals surface area contributed by atoms with Crippen LogP contribution in [0.15, 0.2) is 18.2 Å². The lowest BCUT2D eigenvalue weighted by atomic mass is 9.99. The first kappa shape index (κ1) is 14.1. The van der Waals surface area contributed by atoms with E-state index in [2.05, 4.69) is 0 Å². The quantitative estimate of drug-likeness (QED) is 0.502. The second kappa shape index (κ2) is 5.59. The minimum atomic E-state index is -1.10. The van der Waals surface area contributed by atoms with Gasteiger partial charge < -0.3 is 5.11 Å². The second-order valence-corrected chi connectivity index (χ2v) is 4.12. The maximum absolute atomic E-state index is 11.2. The average Bonchev–Trinajstić information content (AvgIpc) is 2.27. The van der Waals surface area contributed by atoms with Crippen molar-refractivity contribution in [2.75, 3.05) is 0 Å². The van der Waals surface area contributed by atoms with E-state index in [1.54, 1.807) is 0 Å². The Balaban J connectivity index is 3.30. The van der Waals surface area contributed by atoms with Crippen LogP contribution in [0.1, 0.15) is 23.4 Å². The molecule has 0 heterocycles. The van der Waals surface area contributed by atoms with Crippen LogP contribution in [0.2, 0.25) is 0 Å². The van der Waals surface area contributed by atoms with Crippen LogP contribution in [0.5, 0.6) is 0 Å². The molecule has 0 spiro atoms. The van der Waals surface area contributed by atoms with Gasteiger partial charge in [0.2, 0.25) is 0 Å². The lowest BCUT2D eigenvalue weighted by molar-refractivity contribution is -0.384. The van der Waals surface area contributed by atoms with Crippen LogP contribution >= 0.6 is 11.6 Å². The predicted molar refractivity (Wildman–Crippen MR) is 63.7 cm³/mol. The Morgan fingerprint density at radius 1 is 1.50 bits per heavy atom. The van der Waals surface area contributed by atoms with E-state index < -0.39 is 22.1 Å². The number of hydrogen-bond donors (Lipinski definition) is 1. The number of rotatable bonds is 5. The molecule has 0 aliphatic rings. The van der Waals surface area contributed by atoms with Gasteiger partial charge in [-0.3, -0.25) is 19.7 Å². The summed E-state index contributed by atoms with van der Waals surface area (Å²) in [5.41, 5.74) is 0.232. The van der Waals surface area contributed by atoms with Crippen molar-refractivity contribution in [2.24, 2.45) is 0 Å². The minimum absolute atomic E-state index is 0.167. The third-order valence-corrected chi connectivity index (χ3v) is 2.85. The largest absolute Gasteiger partial charge is 0.481 e. The van der Waals surface area contributed by atoms with Crippen LogP contribution in [-0.4, -0.2) is 21.8 Å². The summed E-state index contributed by atoms with van der Waals surface area (Å²) in [6, 6.07) is 3.63. The molecule has 7 heteroatoms. The fourth-order valence-corrected chi connectivity index (χ4v) is 1.68. The van der Waals surface area contributed by atoms with E-state index in [1.807, 2.05) is 0 Å². The number of nitro benzene ring substituents is 1. The Labute approximate surface area is 107 Å². The number of hydrogen-bond acceptors (Lipinski definition) is 4. The highest BCUT2D eigenvalue weighted by molar-refractivity contribution is 6.31. The number of benzene rings is 1. The van der Waals surface area contributed by atoms with Gasteiger partial charge in [-0.2, -0.15) is 0 Å². The van der Waals surface area contributed by atoms with E-state index in [4.69, 9.17) is 16.7 Å². The van der Waals surface area contributed by atoms with Crippen LogP contribution in [0.3, 0.4) is 0 Å². The summed E-state index contributed by atoms with van der Waals surface area (Å²) in [5.74, 6) is -1.50. The predicted octanol–water partition coefficient (Wildman–Crippen LogP) is 2.09. The summed E-state index contributed by atoms with van der Waals surface area (Å²) >= 11 is 5.84. The molecule has 18 heavy (non-hydrogen) atoms. The first-order valence-electron chi connectivity index (χ1n) is 4.96. The van der Waals surface area contributed by atoms with Crippen molar-refractivity contribution >= 4 is 29.0 Å². The topological polar surface area (TPSA) is 97.5 Å². The van der Waals surface area contributed by atoms with Gasteiger partial charge in [0.05, 0.1) is 11.3 Å². The number of nitrogens with zero attached hydrogens (tertiary/aromatic N) is 1. The zero-order valence-corrected chi connectivity index (χ0v) is 10.2. The molecule has 1 rings (SSSR count). The maximum Gasteiger partial charge on any atom is 0.307 e. The SMILES string of the molecule is CC(=O)C(Cl)c1cc([N+](=O)[O-])ccc1CC(=O)O. The normalized spacial score (nSPS) is 11.9. The number of carbonyl (C=O) groups excluding carboxylic acids is 1. The van der Waals surface area contributed by atoms with Gasteiger partial charge in [-0.25, -0.2) is 0 Å². The van der Waals surface area contributed by atoms with Crippen LogP contribution in [0.4, 0.5) is 5.69 Å². The summed E-state index contributed by atoms with van der Waals surface area (Å²) in [4.78, 5) is 31.9. The van der Waals surface area contributed by atoms with Crippen LogP contribution in [-0.2, 0) is 16.0 Å². The van der Waals surface area contributed by atoms with Gasteiger partial charge in [0, 0.05) is 12.1 Å². The number of aliphatic carboxylic acids is 1. The van der Waals surface area contributed by atoms with E-state index >= 15 is 0 Å². The second-order valence-electron chi connectivity index (χ2n) is 3.68. The molecule has 0 aliphatic carbocycles. The molecule has 1 atom stereocenters. The third kappa shape index (κ3) is 3.27. The Kier molecular flexibility index (Phi) is 4.38. The molecule has 0 amide bonds. The van der Waals surface area contributed by atoms with Gasteiger partial charge >= 0.3 is 5.97 Å². The number of ketones is 1. The molecule has 0 fully saturated rings. The Bertz CT molecular complexity index is 514. The Morgan fingerprint density at radius 3 is 2.56 bits per heavy atom. The molecular formula is C11H10ClNO5. The van der Waals surface area contributed by atoms with Gasteiger partial charge in [-0.1, -0.05) is 6.07 Å². The highest BCUT2D eigenvalue weighted by Gasteiger charge is 2.21. The highest BCUT2D eigenvalue weighted by Crippen LogP contribution is 2.29. The van der Waals surface area contributed by atoms with Crippen molar-refractivity contribution in [3.63, 3.8) is 0 Å². The molecule has 1 aromatic carbocycles. The standard InChI is InChI=1S/C11H10ClNO5/c1-6(14)11(12)9-5-8(13(17)18)3-2-7(9)4-10(15)16/h2-3,5,11H,4H2,1H3,(H,15,16). The van der Waals surface area contributed by atoms with Crippen molar-refractivity contribution in [2.45, 2.75) is 18.7 Å². The first-order chi connectivity index (χ1) is 8.32. The fraction of sp³-hybridized carbons (Fsp3) is 0.273. The molecule has 96 valence electrons. The van der Waals surface area contributed by atoms with E-state index in [0.29, 0.717) is 5.56 Å². The first-order valence-corrected chi connectivity index (χ1v) is 5.40. The van der Waals surface area contributed by atoms with Gasteiger partial charge in [0.15, 0.2) is 5.78 Å². The van der Waals surface area contributed by atoms with Gasteiger partial charge in [-0.05, 0) is 18.1 Å². The van der Waals surface area contributed by atoms with Crippen molar-refractivity contribution in [1.29, 1.82) is 0 Å². The fourth-order valence-electron chi connectivity index (χ4n) is 1.47. The van der Waals surface area contributed by atoms with Crippen LogP contribution in [0.25, 0.3) is 0 Å². The van der Waals surface area contributed by atoms with Gasteiger partial charge in [0.25, 0.3) is 5.69 Å². The molecule has 0 bridgehead atoms. The summed E-state index contributed by atoms with van der Waals surface area (Å²) in [6.45, 7) is 1.24. The Morgan fingerprint density at radius 2 is 2.11 bits per heavy atom. The maximum atomic E-state index is 11.2. The molecule has 0 aliphatic heterocycles. The summed E-state index contributed by atoms with van der Waals surface area (Å²) in [5, 5.41) is 18.3. The van der Waals surface area contributed by atoms with Crippen molar-refractivity contribution in [3.8, 4) is 0 Å². The van der Waals surface area contributed by atoms with Crippen molar-refractivity contribution in [1.82, 2.24) is 0 Å². The molecule has 1 N–H and O–H groups in total. The van der Waals surface area contributed by atoms with E-state index in [0.717, 1.165) is 6.07 Å². The van der Waals surface area contributed by atoms with Gasteiger partial charge in [0.1, 0.15) is 5.38 Å². The summed E-state index contributed by atoms with van der Waals surface area (Å²) < 4.78 is 0. The molecule has 1 aromatic rings. The smallest absolute Gasteiger partial charge is 0.307 e. The third-order valence-electron chi connectivity index (χ3n) is 2.31. The number of Topliss-reactive ketones (excluding diaryl/α,β-unsaturated/α-hetero) is 1. The zero-order valence-electron chi connectivity index (χ0n) is 9.42. The highest BCUT2D eigenvalue weighted by atomic mass is 35.5. The van der Waals surface area contributed by atoms with Crippen molar-refractivity contribution < 1.29 is 19.6 Å². The molecule has 1 unspecified atom stereocenters. The molecule has 0 saturated carbocycles. The molecule has 0 radical (unpaired) electrons. The van der Waals surface area contributed by atoms with E-state index in [9.17, 15) is 19.7 Å². The number of carboxylic acid groups (broad SMARTS) is 1. The number of halogens is 1. The van der Waals surface area contributed by atoms with E-state index in [-0.39, 0.29) is 17.7 Å². The van der Waals surface area contributed by atoms with Crippen LogP contribution < -0.4 is 0 Å². The number of carbonyl (C=O) groups is 2. The average molecular weight is 272 g/mol. The number of nitro groups is 1. The van der Waals surface area contributed by atoms with Crippen molar-refractivity contribution in [3.05, 3.63) is 39.4 Å². The lowest BCUT2D eigenvalue weighted by Crippen LogP contribution is -2.09. The molecule has 0 aromatic heterocycles. The molecule has 0 saturated heterocycles. The number of non-ortho nitro benzene ring substituents is 1. The van der Waals surface area contributed by atoms with E-state index in [1.165, 1.54) is 19.1 Å². The lowest BCUT2D eigenvalue weighted by Gasteiger charge is -2.11. The molecular weight excluding hydrogens is 262 g/mol. The number of carboxylic acids is 1. The summed E-state index contributed by atoms with van der Waals surface area (Å²) in [7, 11) is 0. The zero-order chi connectivity index (χ0) is 13.9. The monoisotopic (exact) mass is 271 g/mol. The number of alkyl halides is 1. The Hall–Kier alpha value is -1.95. The molecule has 6 nitrogen and oxygen atoms in total. The van der Waals surface area contributed by atoms with Crippen LogP contribution in [0, 0.1) is 10.1 Å². The summed E-state index contributed by atoms with van der Waals surface area (Å²) in [6.07, 6.45) is -0.343. The van der Waals surface area contributed by atoms with Gasteiger partial charge in [-0.15, -0.1) is 11.6 Å². The minimum Gasteiger partial charge on any atom is -0.481 e.